The lowest BCUT2D eigenvalue weighted by Crippen LogP contribution is -2.48. The minimum atomic E-state index is -0.429. The molecule has 0 saturated carbocycles. The van der Waals surface area contributed by atoms with Gasteiger partial charge in [0.05, 0.1) is 13.2 Å². The van der Waals surface area contributed by atoms with Gasteiger partial charge in [0.25, 0.3) is 0 Å². The Labute approximate surface area is 130 Å². The first kappa shape index (κ1) is 16.1. The standard InChI is InChI=1S/C15H21ClN2O3/c1-3-20-13-6-4-5-12(16)11(13)9-18-7-8-21-14(10-18)15(19)17-2/h4-6,14H,3,7-10H2,1-2H3,(H,17,19)/t14-/m1/s1. The number of benzene rings is 1. The van der Waals surface area contributed by atoms with Gasteiger partial charge in [-0.05, 0) is 19.1 Å². The van der Waals surface area contributed by atoms with Gasteiger partial charge in [0, 0.05) is 37.3 Å². The smallest absolute Gasteiger partial charge is 0.250 e. The van der Waals surface area contributed by atoms with E-state index in [9.17, 15) is 4.79 Å². The maximum atomic E-state index is 11.7. The molecule has 0 radical (unpaired) electrons. The summed E-state index contributed by atoms with van der Waals surface area (Å²) in [6.07, 6.45) is -0.429. The molecule has 1 aliphatic rings. The first-order valence-corrected chi connectivity index (χ1v) is 7.49. The average Bonchev–Trinajstić information content (AvgIpc) is 2.50. The number of halogens is 1. The van der Waals surface area contributed by atoms with Crippen molar-refractivity contribution in [3.63, 3.8) is 0 Å². The molecule has 0 bridgehead atoms. The van der Waals surface area contributed by atoms with Crippen molar-refractivity contribution in [1.29, 1.82) is 0 Å². The van der Waals surface area contributed by atoms with E-state index in [1.165, 1.54) is 0 Å². The van der Waals surface area contributed by atoms with E-state index in [0.29, 0.717) is 31.3 Å². The molecule has 5 nitrogen and oxygen atoms in total. The van der Waals surface area contributed by atoms with Crippen molar-refractivity contribution in [1.82, 2.24) is 10.2 Å². The summed E-state index contributed by atoms with van der Waals surface area (Å²) in [5.74, 6) is 0.705. The predicted octanol–water partition coefficient (Wildman–Crippen LogP) is 1.69. The number of nitrogens with zero attached hydrogens (tertiary/aromatic N) is 1. The van der Waals surface area contributed by atoms with Gasteiger partial charge in [0.15, 0.2) is 0 Å². The SMILES string of the molecule is CCOc1cccc(Cl)c1CN1CCO[C@@H](C(=O)NC)C1. The number of ether oxygens (including phenoxy) is 2. The highest BCUT2D eigenvalue weighted by Gasteiger charge is 2.26. The predicted molar refractivity (Wildman–Crippen MR) is 81.7 cm³/mol. The van der Waals surface area contributed by atoms with E-state index in [1.54, 1.807) is 7.05 Å². The van der Waals surface area contributed by atoms with E-state index in [4.69, 9.17) is 21.1 Å². The quantitative estimate of drug-likeness (QED) is 0.899. The lowest BCUT2D eigenvalue weighted by Gasteiger charge is -2.32. The third kappa shape index (κ3) is 4.09. The van der Waals surface area contributed by atoms with Gasteiger partial charge >= 0.3 is 0 Å². The second-order valence-corrected chi connectivity index (χ2v) is 5.27. The fourth-order valence-corrected chi connectivity index (χ4v) is 2.60. The highest BCUT2D eigenvalue weighted by molar-refractivity contribution is 6.31. The molecule has 1 aromatic rings. The van der Waals surface area contributed by atoms with E-state index < -0.39 is 6.10 Å². The van der Waals surface area contributed by atoms with Crippen LogP contribution in [-0.2, 0) is 16.1 Å². The van der Waals surface area contributed by atoms with Gasteiger partial charge in [0.2, 0.25) is 5.91 Å². The molecule has 1 N–H and O–H groups in total. The van der Waals surface area contributed by atoms with Crippen molar-refractivity contribution in [3.8, 4) is 5.75 Å². The molecule has 1 fully saturated rings. The Kier molecular flexibility index (Phi) is 5.85. The molecule has 0 spiro atoms. The molecule has 1 aliphatic heterocycles. The molecule has 2 rings (SSSR count). The Bertz CT molecular complexity index is 496. The summed E-state index contributed by atoms with van der Waals surface area (Å²) in [6.45, 7) is 5.04. The van der Waals surface area contributed by atoms with Gasteiger partial charge in [-0.15, -0.1) is 0 Å². The van der Waals surface area contributed by atoms with Crippen molar-refractivity contribution >= 4 is 17.5 Å². The monoisotopic (exact) mass is 312 g/mol. The number of nitrogens with one attached hydrogen (secondary N) is 1. The van der Waals surface area contributed by atoms with Crippen molar-refractivity contribution in [2.24, 2.45) is 0 Å². The second-order valence-electron chi connectivity index (χ2n) is 4.86. The van der Waals surface area contributed by atoms with Crippen LogP contribution in [0, 0.1) is 0 Å². The molecule has 0 unspecified atom stereocenters. The Morgan fingerprint density at radius 3 is 3.10 bits per heavy atom. The van der Waals surface area contributed by atoms with Crippen LogP contribution in [0.2, 0.25) is 5.02 Å². The van der Waals surface area contributed by atoms with Crippen LogP contribution in [-0.4, -0.2) is 50.3 Å². The summed E-state index contributed by atoms with van der Waals surface area (Å²) >= 11 is 6.29. The Balaban J connectivity index is 2.09. The molecule has 1 aromatic carbocycles. The number of carbonyl (C=O) groups is 1. The number of carbonyl (C=O) groups excluding carboxylic acids is 1. The van der Waals surface area contributed by atoms with Crippen molar-refractivity contribution < 1.29 is 14.3 Å². The zero-order chi connectivity index (χ0) is 15.2. The zero-order valence-corrected chi connectivity index (χ0v) is 13.2. The molecule has 6 heteroatoms. The van der Waals surface area contributed by atoms with Gasteiger partial charge in [-0.3, -0.25) is 9.69 Å². The molecule has 1 amide bonds. The number of likely N-dealkylation sites (N-methyl/N-ethyl adjacent to an activating group) is 1. The maximum absolute atomic E-state index is 11.7. The van der Waals surface area contributed by atoms with Crippen LogP contribution in [0.1, 0.15) is 12.5 Å². The number of amides is 1. The minimum Gasteiger partial charge on any atom is -0.493 e. The molecule has 1 atom stereocenters. The number of hydrogen-bond donors (Lipinski definition) is 1. The number of rotatable bonds is 5. The largest absolute Gasteiger partial charge is 0.493 e. The summed E-state index contributed by atoms with van der Waals surface area (Å²) in [5.41, 5.74) is 0.957. The van der Waals surface area contributed by atoms with Gasteiger partial charge in [-0.2, -0.15) is 0 Å². The first-order chi connectivity index (χ1) is 10.2. The summed E-state index contributed by atoms with van der Waals surface area (Å²) in [7, 11) is 1.62. The molecular formula is C15H21ClN2O3. The van der Waals surface area contributed by atoms with Gasteiger partial charge in [-0.25, -0.2) is 0 Å². The maximum Gasteiger partial charge on any atom is 0.250 e. The van der Waals surface area contributed by atoms with Crippen LogP contribution in [0.5, 0.6) is 5.75 Å². The third-order valence-electron chi connectivity index (χ3n) is 3.45. The van der Waals surface area contributed by atoms with Crippen molar-refractivity contribution in [3.05, 3.63) is 28.8 Å². The fraction of sp³-hybridized carbons (Fsp3) is 0.533. The normalized spacial score (nSPS) is 19.3. The summed E-state index contributed by atoms with van der Waals surface area (Å²) in [5, 5.41) is 3.31. The minimum absolute atomic E-state index is 0.0936. The van der Waals surface area contributed by atoms with Crippen LogP contribution in [0.25, 0.3) is 0 Å². The molecule has 1 saturated heterocycles. The summed E-state index contributed by atoms with van der Waals surface area (Å²) in [4.78, 5) is 13.8. The Hall–Kier alpha value is -1.30. The summed E-state index contributed by atoms with van der Waals surface area (Å²) in [6, 6.07) is 5.65. The molecule has 0 aliphatic carbocycles. The summed E-state index contributed by atoms with van der Waals surface area (Å²) < 4.78 is 11.1. The second kappa shape index (κ2) is 7.64. The van der Waals surface area contributed by atoms with Crippen molar-refractivity contribution in [2.45, 2.75) is 19.6 Å². The molecule has 21 heavy (non-hydrogen) atoms. The van der Waals surface area contributed by atoms with Crippen molar-refractivity contribution in [2.75, 3.05) is 33.4 Å². The van der Waals surface area contributed by atoms with Crippen LogP contribution >= 0.6 is 11.6 Å². The highest BCUT2D eigenvalue weighted by Crippen LogP contribution is 2.28. The highest BCUT2D eigenvalue weighted by atomic mass is 35.5. The fourth-order valence-electron chi connectivity index (χ4n) is 2.37. The lowest BCUT2D eigenvalue weighted by atomic mass is 10.1. The van der Waals surface area contributed by atoms with Crippen LogP contribution in [0.15, 0.2) is 18.2 Å². The average molecular weight is 313 g/mol. The van der Waals surface area contributed by atoms with E-state index in [1.807, 2.05) is 25.1 Å². The van der Waals surface area contributed by atoms with Crippen LogP contribution in [0.4, 0.5) is 0 Å². The molecule has 0 aromatic heterocycles. The Morgan fingerprint density at radius 1 is 1.57 bits per heavy atom. The molecule has 1 heterocycles. The van der Waals surface area contributed by atoms with Gasteiger partial charge in [-0.1, -0.05) is 17.7 Å². The van der Waals surface area contributed by atoms with Gasteiger partial charge < -0.3 is 14.8 Å². The third-order valence-corrected chi connectivity index (χ3v) is 3.80. The zero-order valence-electron chi connectivity index (χ0n) is 12.4. The van der Waals surface area contributed by atoms with E-state index >= 15 is 0 Å². The topological polar surface area (TPSA) is 50.8 Å². The van der Waals surface area contributed by atoms with Crippen LogP contribution in [0.3, 0.4) is 0 Å². The number of morpholine rings is 1. The molecule has 116 valence electrons. The first-order valence-electron chi connectivity index (χ1n) is 7.11. The van der Waals surface area contributed by atoms with Gasteiger partial charge in [0.1, 0.15) is 11.9 Å². The van der Waals surface area contributed by atoms with Crippen LogP contribution < -0.4 is 10.1 Å². The van der Waals surface area contributed by atoms with E-state index in [2.05, 4.69) is 10.2 Å². The number of hydrogen-bond acceptors (Lipinski definition) is 4. The van der Waals surface area contributed by atoms with E-state index in [-0.39, 0.29) is 5.91 Å². The van der Waals surface area contributed by atoms with E-state index in [0.717, 1.165) is 17.9 Å². The lowest BCUT2D eigenvalue weighted by molar-refractivity contribution is -0.138. The molecular weight excluding hydrogens is 292 g/mol. The Morgan fingerprint density at radius 2 is 2.38 bits per heavy atom.